The molecule has 2 aromatic rings. The summed E-state index contributed by atoms with van der Waals surface area (Å²) in [6.07, 6.45) is 1.67. The van der Waals surface area contributed by atoms with Gasteiger partial charge in [0.2, 0.25) is 0 Å². The number of hydrogen-bond donors (Lipinski definition) is 3. The lowest BCUT2D eigenvalue weighted by Gasteiger charge is -2.19. The van der Waals surface area contributed by atoms with E-state index in [1.54, 1.807) is 12.3 Å². The van der Waals surface area contributed by atoms with Gasteiger partial charge in [-0.05, 0) is 36.2 Å². The van der Waals surface area contributed by atoms with Gasteiger partial charge >= 0.3 is 0 Å². The molecule has 5 nitrogen and oxygen atoms in total. The van der Waals surface area contributed by atoms with Gasteiger partial charge in [-0.3, -0.25) is 9.78 Å². The summed E-state index contributed by atoms with van der Waals surface area (Å²) in [5.74, 6) is -0.400. The summed E-state index contributed by atoms with van der Waals surface area (Å²) in [5.41, 5.74) is 1.58. The molecule has 1 aliphatic rings. The van der Waals surface area contributed by atoms with Crippen molar-refractivity contribution in [3.8, 4) is 0 Å². The average molecular weight is 299 g/mol. The Hall–Kier alpha value is -2.47. The van der Waals surface area contributed by atoms with E-state index in [2.05, 4.69) is 15.0 Å². The van der Waals surface area contributed by atoms with Crippen LogP contribution in [0.1, 0.15) is 11.3 Å². The zero-order chi connectivity index (χ0) is 14.7. The first-order valence-corrected chi connectivity index (χ1v) is 7.21. The molecule has 0 bridgehead atoms. The Kier molecular flexibility index (Phi) is 3.79. The van der Waals surface area contributed by atoms with Crippen molar-refractivity contribution >= 4 is 23.6 Å². The molecule has 0 saturated carbocycles. The van der Waals surface area contributed by atoms with Crippen LogP contribution in [0.2, 0.25) is 0 Å². The van der Waals surface area contributed by atoms with E-state index in [4.69, 9.17) is 0 Å². The number of hydrogen-bond acceptors (Lipinski definition) is 5. The standard InChI is InChI=1S/C15H13N3O2S/c19-14-11-6-1-2-7-12(11)21-18-13(14)15(20)17-9-10-5-3-4-8-16-10/h1-8,18-19H,9H2,(H,17,20). The Balaban J connectivity index is 1.76. The Morgan fingerprint density at radius 1 is 1.24 bits per heavy atom. The Morgan fingerprint density at radius 2 is 2.05 bits per heavy atom. The molecule has 0 spiro atoms. The molecule has 106 valence electrons. The number of benzene rings is 1. The molecule has 2 heterocycles. The molecule has 6 heteroatoms. The molecular weight excluding hydrogens is 286 g/mol. The lowest BCUT2D eigenvalue weighted by molar-refractivity contribution is -0.117. The fourth-order valence-electron chi connectivity index (χ4n) is 1.96. The smallest absolute Gasteiger partial charge is 0.272 e. The minimum atomic E-state index is -0.361. The number of aliphatic hydroxyl groups is 1. The number of aliphatic hydroxyl groups excluding tert-OH is 1. The Morgan fingerprint density at radius 3 is 2.86 bits per heavy atom. The van der Waals surface area contributed by atoms with E-state index in [9.17, 15) is 9.90 Å². The van der Waals surface area contributed by atoms with E-state index in [1.807, 2.05) is 36.4 Å². The zero-order valence-electron chi connectivity index (χ0n) is 11.0. The molecule has 3 N–H and O–H groups in total. The minimum Gasteiger partial charge on any atom is -0.505 e. The molecule has 21 heavy (non-hydrogen) atoms. The number of nitrogens with one attached hydrogen (secondary N) is 2. The van der Waals surface area contributed by atoms with Crippen molar-refractivity contribution in [1.29, 1.82) is 0 Å². The summed E-state index contributed by atoms with van der Waals surface area (Å²) in [5, 5.41) is 13.0. The number of pyridine rings is 1. The van der Waals surface area contributed by atoms with Gasteiger partial charge in [-0.25, -0.2) is 0 Å². The van der Waals surface area contributed by atoms with Crippen LogP contribution in [-0.2, 0) is 11.3 Å². The monoisotopic (exact) mass is 299 g/mol. The van der Waals surface area contributed by atoms with Gasteiger partial charge in [0.05, 0.1) is 12.2 Å². The topological polar surface area (TPSA) is 74.2 Å². The molecule has 0 unspecified atom stereocenters. The maximum atomic E-state index is 12.2. The van der Waals surface area contributed by atoms with E-state index in [0.717, 1.165) is 10.6 Å². The number of nitrogens with zero attached hydrogens (tertiary/aromatic N) is 1. The van der Waals surface area contributed by atoms with E-state index < -0.39 is 0 Å². The van der Waals surface area contributed by atoms with Gasteiger partial charge in [0.25, 0.3) is 5.91 Å². The second kappa shape index (κ2) is 5.88. The highest BCUT2D eigenvalue weighted by Gasteiger charge is 2.23. The van der Waals surface area contributed by atoms with Crippen molar-refractivity contribution in [1.82, 2.24) is 15.0 Å². The SMILES string of the molecule is O=C(NCc1ccccn1)C1=C(O)c2ccccc2SN1. The van der Waals surface area contributed by atoms with Crippen LogP contribution in [0, 0.1) is 0 Å². The van der Waals surface area contributed by atoms with Crippen LogP contribution in [0.5, 0.6) is 0 Å². The van der Waals surface area contributed by atoms with Crippen LogP contribution in [0.4, 0.5) is 0 Å². The van der Waals surface area contributed by atoms with Crippen molar-refractivity contribution < 1.29 is 9.90 Å². The van der Waals surface area contributed by atoms with Crippen LogP contribution in [-0.4, -0.2) is 16.0 Å². The highest BCUT2D eigenvalue weighted by Crippen LogP contribution is 2.32. The molecule has 1 aliphatic heterocycles. The normalized spacial score (nSPS) is 13.3. The van der Waals surface area contributed by atoms with Crippen LogP contribution in [0.15, 0.2) is 59.3 Å². The average Bonchev–Trinajstić information content (AvgIpc) is 2.54. The number of carbonyl (C=O) groups is 1. The largest absolute Gasteiger partial charge is 0.505 e. The van der Waals surface area contributed by atoms with E-state index >= 15 is 0 Å². The summed E-state index contributed by atoms with van der Waals surface area (Å²) in [4.78, 5) is 17.2. The predicted molar refractivity (Wildman–Crippen MR) is 81.1 cm³/mol. The van der Waals surface area contributed by atoms with Gasteiger partial charge in [-0.2, -0.15) is 0 Å². The Bertz CT molecular complexity index is 701. The van der Waals surface area contributed by atoms with Crippen LogP contribution >= 0.6 is 11.9 Å². The highest BCUT2D eigenvalue weighted by molar-refractivity contribution is 7.97. The van der Waals surface area contributed by atoms with Crippen LogP contribution in [0.25, 0.3) is 5.76 Å². The lowest BCUT2D eigenvalue weighted by atomic mass is 10.1. The number of rotatable bonds is 3. The van der Waals surface area contributed by atoms with E-state index in [1.165, 1.54) is 11.9 Å². The van der Waals surface area contributed by atoms with Crippen molar-refractivity contribution in [3.63, 3.8) is 0 Å². The summed E-state index contributed by atoms with van der Waals surface area (Å²) in [6.45, 7) is 0.310. The van der Waals surface area contributed by atoms with E-state index in [-0.39, 0.29) is 17.4 Å². The lowest BCUT2D eigenvalue weighted by Crippen LogP contribution is -2.31. The van der Waals surface area contributed by atoms with Gasteiger partial charge in [0, 0.05) is 16.7 Å². The summed E-state index contributed by atoms with van der Waals surface area (Å²) in [6, 6.07) is 12.9. The number of fused-ring (bicyclic) bond motifs is 1. The van der Waals surface area contributed by atoms with Crippen LogP contribution in [0.3, 0.4) is 0 Å². The number of carbonyl (C=O) groups excluding carboxylic acids is 1. The van der Waals surface area contributed by atoms with E-state index in [0.29, 0.717) is 12.1 Å². The van der Waals surface area contributed by atoms with Crippen molar-refractivity contribution in [2.45, 2.75) is 11.4 Å². The molecule has 0 radical (unpaired) electrons. The summed E-state index contributed by atoms with van der Waals surface area (Å²) >= 11 is 1.31. The Labute approximate surface area is 126 Å². The first kappa shape index (κ1) is 13.5. The molecule has 3 rings (SSSR count). The number of amides is 1. The van der Waals surface area contributed by atoms with Crippen LogP contribution < -0.4 is 10.0 Å². The predicted octanol–water partition coefficient (Wildman–Crippen LogP) is 2.23. The quantitative estimate of drug-likeness (QED) is 0.758. The van der Waals surface area contributed by atoms with Gasteiger partial charge < -0.3 is 15.1 Å². The third-order valence-electron chi connectivity index (χ3n) is 3.03. The highest BCUT2D eigenvalue weighted by atomic mass is 32.2. The number of aromatic nitrogens is 1. The van der Waals surface area contributed by atoms with Gasteiger partial charge in [0.15, 0.2) is 11.5 Å². The molecule has 0 aliphatic carbocycles. The summed E-state index contributed by atoms with van der Waals surface area (Å²) < 4.78 is 2.87. The minimum absolute atomic E-state index is 0.0390. The molecule has 0 atom stereocenters. The van der Waals surface area contributed by atoms with Crippen molar-refractivity contribution in [2.75, 3.05) is 0 Å². The molecular formula is C15H13N3O2S. The molecule has 0 fully saturated rings. The molecule has 1 amide bonds. The fraction of sp³-hybridized carbons (Fsp3) is 0.0667. The van der Waals surface area contributed by atoms with Crippen molar-refractivity contribution in [3.05, 3.63) is 65.6 Å². The second-order valence-corrected chi connectivity index (χ2v) is 5.28. The maximum Gasteiger partial charge on any atom is 0.272 e. The van der Waals surface area contributed by atoms with Crippen molar-refractivity contribution in [2.24, 2.45) is 0 Å². The van der Waals surface area contributed by atoms with Gasteiger partial charge in [-0.1, -0.05) is 18.2 Å². The zero-order valence-corrected chi connectivity index (χ0v) is 11.9. The molecule has 1 aromatic heterocycles. The third kappa shape index (κ3) is 2.85. The third-order valence-corrected chi connectivity index (χ3v) is 3.91. The second-order valence-electron chi connectivity index (χ2n) is 4.43. The first-order valence-electron chi connectivity index (χ1n) is 6.39. The first-order chi connectivity index (χ1) is 10.3. The molecule has 0 saturated heterocycles. The van der Waals surface area contributed by atoms with Gasteiger partial charge in [0.1, 0.15) is 0 Å². The fourth-order valence-corrected chi connectivity index (χ4v) is 2.78. The summed E-state index contributed by atoms with van der Waals surface area (Å²) in [7, 11) is 0. The maximum absolute atomic E-state index is 12.2. The van der Waals surface area contributed by atoms with Gasteiger partial charge in [-0.15, -0.1) is 0 Å². The molecule has 1 aromatic carbocycles.